The molecule has 1 aromatic heterocycles. The Kier molecular flexibility index (Phi) is 5.53. The van der Waals surface area contributed by atoms with Gasteiger partial charge in [0, 0.05) is 46.2 Å². The zero-order chi connectivity index (χ0) is 18.7. The number of rotatable bonds is 4. The second-order valence-corrected chi connectivity index (χ2v) is 7.91. The Balaban J connectivity index is 1.71. The number of nitrogens with one attached hydrogen (secondary N) is 1. The minimum Gasteiger partial charge on any atom is -0.356 e. The summed E-state index contributed by atoms with van der Waals surface area (Å²) in [5.74, 6) is 1.36. The number of nitrogens with zero attached hydrogens (tertiary/aromatic N) is 4. The van der Waals surface area contributed by atoms with E-state index in [9.17, 15) is 9.59 Å². The molecule has 0 atom stereocenters. The third-order valence-electron chi connectivity index (χ3n) is 5.89. The standard InChI is InChI=1S/C19H31N5O2/c1-22(2)18(26)19(21-16-9-12-20-23(16)3)10-13-24(14-11-19)17(25)15-7-5-4-6-8-15/h9,12,15,21H,4-8,10-11,13-14H2,1-3H3. The molecule has 1 aliphatic carbocycles. The molecule has 26 heavy (non-hydrogen) atoms. The summed E-state index contributed by atoms with van der Waals surface area (Å²) in [4.78, 5) is 29.4. The van der Waals surface area contributed by atoms with Crippen molar-refractivity contribution < 1.29 is 9.59 Å². The van der Waals surface area contributed by atoms with E-state index in [-0.39, 0.29) is 17.7 Å². The smallest absolute Gasteiger partial charge is 0.247 e. The number of aromatic nitrogens is 2. The third-order valence-corrected chi connectivity index (χ3v) is 5.89. The highest BCUT2D eigenvalue weighted by Gasteiger charge is 2.44. The van der Waals surface area contributed by atoms with E-state index in [0.717, 1.165) is 31.5 Å². The maximum Gasteiger partial charge on any atom is 0.247 e. The number of likely N-dealkylation sites (tertiary alicyclic amines) is 1. The summed E-state index contributed by atoms with van der Waals surface area (Å²) in [7, 11) is 5.43. The Hall–Kier alpha value is -2.05. The lowest BCUT2D eigenvalue weighted by Gasteiger charge is -2.43. The highest BCUT2D eigenvalue weighted by atomic mass is 16.2. The maximum atomic E-state index is 13.0. The molecule has 1 saturated heterocycles. The second kappa shape index (κ2) is 7.68. The van der Waals surface area contributed by atoms with Crippen LogP contribution in [0.15, 0.2) is 12.3 Å². The average Bonchev–Trinajstić information content (AvgIpc) is 3.06. The molecule has 7 nitrogen and oxygen atoms in total. The molecule has 1 aromatic rings. The van der Waals surface area contributed by atoms with Gasteiger partial charge in [-0.05, 0) is 25.7 Å². The number of carbonyl (C=O) groups excluding carboxylic acids is 2. The van der Waals surface area contributed by atoms with E-state index in [1.54, 1.807) is 29.9 Å². The van der Waals surface area contributed by atoms with Crippen molar-refractivity contribution in [2.45, 2.75) is 50.5 Å². The van der Waals surface area contributed by atoms with Crippen LogP contribution in [0.5, 0.6) is 0 Å². The second-order valence-electron chi connectivity index (χ2n) is 7.91. The molecular formula is C19H31N5O2. The lowest BCUT2D eigenvalue weighted by molar-refractivity contribution is -0.142. The summed E-state index contributed by atoms with van der Waals surface area (Å²) in [6.07, 6.45) is 8.57. The Morgan fingerprint density at radius 1 is 1.19 bits per heavy atom. The van der Waals surface area contributed by atoms with Gasteiger partial charge in [-0.3, -0.25) is 14.3 Å². The predicted octanol–water partition coefficient (Wildman–Crippen LogP) is 1.86. The number of hydrogen-bond donors (Lipinski definition) is 1. The molecule has 0 unspecified atom stereocenters. The molecule has 2 fully saturated rings. The maximum absolute atomic E-state index is 13.0. The topological polar surface area (TPSA) is 70.5 Å². The minimum absolute atomic E-state index is 0.0588. The molecular weight excluding hydrogens is 330 g/mol. The van der Waals surface area contributed by atoms with Crippen LogP contribution < -0.4 is 5.32 Å². The predicted molar refractivity (Wildman–Crippen MR) is 101 cm³/mol. The first-order chi connectivity index (χ1) is 12.4. The molecule has 144 valence electrons. The van der Waals surface area contributed by atoms with Crippen molar-refractivity contribution in [3.05, 3.63) is 12.3 Å². The van der Waals surface area contributed by atoms with Crippen LogP contribution in [0.4, 0.5) is 5.82 Å². The Morgan fingerprint density at radius 2 is 1.85 bits per heavy atom. The van der Waals surface area contributed by atoms with Gasteiger partial charge in [-0.2, -0.15) is 5.10 Å². The van der Waals surface area contributed by atoms with E-state index in [1.165, 1.54) is 6.42 Å². The van der Waals surface area contributed by atoms with Crippen LogP contribution >= 0.6 is 0 Å². The molecule has 0 radical (unpaired) electrons. The average molecular weight is 361 g/mol. The van der Waals surface area contributed by atoms with Crippen molar-refractivity contribution in [1.29, 1.82) is 0 Å². The monoisotopic (exact) mass is 361 g/mol. The van der Waals surface area contributed by atoms with Crippen LogP contribution in [0, 0.1) is 5.92 Å². The number of aryl methyl sites for hydroxylation is 1. The van der Waals surface area contributed by atoms with Gasteiger partial charge in [-0.15, -0.1) is 0 Å². The molecule has 1 N–H and O–H groups in total. The van der Waals surface area contributed by atoms with Crippen molar-refractivity contribution in [3.8, 4) is 0 Å². The molecule has 7 heteroatoms. The number of piperidine rings is 1. The summed E-state index contributed by atoms with van der Waals surface area (Å²) in [6.45, 7) is 1.25. The molecule has 0 aromatic carbocycles. The van der Waals surface area contributed by atoms with E-state index >= 15 is 0 Å². The normalized spacial score (nSPS) is 20.7. The van der Waals surface area contributed by atoms with E-state index in [2.05, 4.69) is 10.4 Å². The zero-order valence-electron chi connectivity index (χ0n) is 16.2. The van der Waals surface area contributed by atoms with Crippen molar-refractivity contribution in [2.75, 3.05) is 32.5 Å². The SMILES string of the molecule is CN(C)C(=O)C1(Nc2ccnn2C)CCN(C(=O)C2CCCCC2)CC1. The van der Waals surface area contributed by atoms with Gasteiger partial charge in [0.1, 0.15) is 11.4 Å². The van der Waals surface area contributed by atoms with Gasteiger partial charge in [-0.1, -0.05) is 19.3 Å². The van der Waals surface area contributed by atoms with Crippen LogP contribution in [-0.2, 0) is 16.6 Å². The van der Waals surface area contributed by atoms with Crippen LogP contribution in [-0.4, -0.2) is 64.1 Å². The molecule has 1 aliphatic heterocycles. The van der Waals surface area contributed by atoms with E-state index in [1.807, 2.05) is 18.0 Å². The Morgan fingerprint density at radius 3 is 2.38 bits per heavy atom. The van der Waals surface area contributed by atoms with Gasteiger partial charge in [0.15, 0.2) is 0 Å². The third kappa shape index (κ3) is 3.71. The summed E-state index contributed by atoms with van der Waals surface area (Å²) in [6, 6.07) is 1.88. The van der Waals surface area contributed by atoms with Crippen LogP contribution in [0.2, 0.25) is 0 Å². The number of likely N-dealkylation sites (N-methyl/N-ethyl adjacent to an activating group) is 1. The van der Waals surface area contributed by atoms with Gasteiger partial charge in [0.25, 0.3) is 0 Å². The van der Waals surface area contributed by atoms with Crippen LogP contribution in [0.1, 0.15) is 44.9 Å². The fourth-order valence-corrected chi connectivity index (χ4v) is 4.28. The summed E-state index contributed by atoms with van der Waals surface area (Å²) in [5, 5.41) is 7.62. The zero-order valence-corrected chi connectivity index (χ0v) is 16.2. The van der Waals surface area contributed by atoms with Crippen LogP contribution in [0.3, 0.4) is 0 Å². The molecule has 0 spiro atoms. The van der Waals surface area contributed by atoms with Gasteiger partial charge in [0.2, 0.25) is 11.8 Å². The van der Waals surface area contributed by atoms with Gasteiger partial charge < -0.3 is 15.1 Å². The van der Waals surface area contributed by atoms with Gasteiger partial charge in [0.05, 0.1) is 6.20 Å². The van der Waals surface area contributed by atoms with E-state index < -0.39 is 5.54 Å². The van der Waals surface area contributed by atoms with Crippen molar-refractivity contribution in [2.24, 2.45) is 13.0 Å². The molecule has 1 saturated carbocycles. The molecule has 2 aliphatic rings. The summed E-state index contributed by atoms with van der Waals surface area (Å²) < 4.78 is 1.74. The van der Waals surface area contributed by atoms with E-state index in [0.29, 0.717) is 25.9 Å². The fourth-order valence-electron chi connectivity index (χ4n) is 4.28. The molecule has 0 bridgehead atoms. The molecule has 2 heterocycles. The van der Waals surface area contributed by atoms with Gasteiger partial charge in [-0.25, -0.2) is 0 Å². The number of carbonyl (C=O) groups is 2. The quantitative estimate of drug-likeness (QED) is 0.889. The highest BCUT2D eigenvalue weighted by Crippen LogP contribution is 2.31. The highest BCUT2D eigenvalue weighted by molar-refractivity contribution is 5.89. The molecule has 3 rings (SSSR count). The van der Waals surface area contributed by atoms with E-state index in [4.69, 9.17) is 0 Å². The summed E-state index contributed by atoms with van der Waals surface area (Å²) in [5.41, 5.74) is -0.680. The first-order valence-corrected chi connectivity index (χ1v) is 9.70. The first-order valence-electron chi connectivity index (χ1n) is 9.70. The summed E-state index contributed by atoms with van der Waals surface area (Å²) >= 11 is 0. The van der Waals surface area contributed by atoms with Crippen molar-refractivity contribution >= 4 is 17.6 Å². The first kappa shape index (κ1) is 18.7. The number of anilines is 1. The minimum atomic E-state index is -0.680. The molecule has 2 amide bonds. The fraction of sp³-hybridized carbons (Fsp3) is 0.737. The lowest BCUT2D eigenvalue weighted by atomic mass is 9.83. The lowest BCUT2D eigenvalue weighted by Crippen LogP contribution is -2.59. The largest absolute Gasteiger partial charge is 0.356 e. The Labute approximate surface area is 155 Å². The Bertz CT molecular complexity index is 640. The number of amides is 2. The van der Waals surface area contributed by atoms with Crippen molar-refractivity contribution in [1.82, 2.24) is 19.6 Å². The number of hydrogen-bond acceptors (Lipinski definition) is 4. The van der Waals surface area contributed by atoms with Crippen molar-refractivity contribution in [3.63, 3.8) is 0 Å². The van der Waals surface area contributed by atoms with Crippen LogP contribution in [0.25, 0.3) is 0 Å². The van der Waals surface area contributed by atoms with Gasteiger partial charge >= 0.3 is 0 Å².